The fourth-order valence-corrected chi connectivity index (χ4v) is 2.13. The van der Waals surface area contributed by atoms with E-state index in [1.165, 1.54) is 14.2 Å². The number of ether oxygens (including phenoxy) is 3. The Morgan fingerprint density at radius 2 is 1.61 bits per heavy atom. The Balaban J connectivity index is 2.00. The Morgan fingerprint density at radius 3 is 2.22 bits per heavy atom. The summed E-state index contributed by atoms with van der Waals surface area (Å²) in [5, 5.41) is 3.51. The van der Waals surface area contributed by atoms with Crippen LogP contribution in [-0.4, -0.2) is 26.7 Å². The first kappa shape index (κ1) is 17.2. The van der Waals surface area contributed by atoms with E-state index in [9.17, 15) is 4.79 Å². The predicted molar refractivity (Wildman–Crippen MR) is 90.1 cm³/mol. The lowest BCUT2D eigenvalue weighted by atomic mass is 10.3. The van der Waals surface area contributed by atoms with E-state index >= 15 is 0 Å². The van der Waals surface area contributed by atoms with Crippen molar-refractivity contribution in [3.8, 4) is 17.2 Å². The molecule has 2 aromatic rings. The maximum absolute atomic E-state index is 12.0. The number of carbonyl (C=O) groups excluding carboxylic acids is 1. The zero-order valence-electron chi connectivity index (χ0n) is 12.6. The van der Waals surface area contributed by atoms with Gasteiger partial charge in [-0.25, -0.2) is 0 Å². The van der Waals surface area contributed by atoms with Crippen molar-refractivity contribution in [3.63, 3.8) is 0 Å². The van der Waals surface area contributed by atoms with Gasteiger partial charge in [0.05, 0.1) is 24.9 Å². The van der Waals surface area contributed by atoms with Crippen molar-refractivity contribution in [3.05, 3.63) is 46.4 Å². The number of nitrogens with one attached hydrogen (secondary N) is 1. The molecule has 1 N–H and O–H groups in total. The third kappa shape index (κ3) is 4.94. The monoisotopic (exact) mass is 355 g/mol. The molecule has 0 atom stereocenters. The normalized spacial score (nSPS) is 10.1. The fourth-order valence-electron chi connectivity index (χ4n) is 1.79. The second kappa shape index (κ2) is 7.94. The molecule has 122 valence electrons. The number of methoxy groups -OCH3 is 2. The van der Waals surface area contributed by atoms with E-state index in [-0.39, 0.29) is 12.5 Å². The first-order chi connectivity index (χ1) is 11.0. The molecule has 23 heavy (non-hydrogen) atoms. The second-order valence-electron chi connectivity index (χ2n) is 4.51. The molecule has 2 rings (SSSR count). The molecule has 1 amide bonds. The van der Waals surface area contributed by atoms with Crippen LogP contribution >= 0.6 is 23.2 Å². The number of hydrogen-bond acceptors (Lipinski definition) is 4. The second-order valence-corrected chi connectivity index (χ2v) is 5.35. The van der Waals surface area contributed by atoms with E-state index in [0.29, 0.717) is 33.0 Å². The van der Waals surface area contributed by atoms with Crippen molar-refractivity contribution < 1.29 is 19.0 Å². The lowest BCUT2D eigenvalue weighted by Gasteiger charge is -2.11. The van der Waals surface area contributed by atoms with Crippen LogP contribution in [0.4, 0.5) is 5.69 Å². The number of benzene rings is 2. The zero-order chi connectivity index (χ0) is 16.8. The van der Waals surface area contributed by atoms with Crippen molar-refractivity contribution in [2.75, 3.05) is 26.1 Å². The topological polar surface area (TPSA) is 56.8 Å². The Kier molecular flexibility index (Phi) is 5.96. The van der Waals surface area contributed by atoms with Gasteiger partial charge in [0.25, 0.3) is 5.91 Å². The van der Waals surface area contributed by atoms with Gasteiger partial charge in [-0.1, -0.05) is 23.2 Å². The van der Waals surface area contributed by atoms with Gasteiger partial charge in [0.2, 0.25) is 0 Å². The number of rotatable bonds is 6. The van der Waals surface area contributed by atoms with Crippen molar-refractivity contribution in [2.45, 2.75) is 0 Å². The zero-order valence-corrected chi connectivity index (χ0v) is 14.1. The Morgan fingerprint density at radius 1 is 1.00 bits per heavy atom. The summed E-state index contributed by atoms with van der Waals surface area (Å²) >= 11 is 11.9. The summed E-state index contributed by atoms with van der Waals surface area (Å²) in [6, 6.07) is 9.82. The highest BCUT2D eigenvalue weighted by molar-refractivity contribution is 6.35. The highest BCUT2D eigenvalue weighted by Gasteiger charge is 2.09. The molecule has 0 saturated heterocycles. The summed E-state index contributed by atoms with van der Waals surface area (Å²) in [6.07, 6.45) is 0. The van der Waals surface area contributed by atoms with Crippen LogP contribution in [0.5, 0.6) is 17.2 Å². The molecule has 0 aliphatic rings. The minimum Gasteiger partial charge on any atom is -0.496 e. The molecule has 7 heteroatoms. The van der Waals surface area contributed by atoms with Crippen LogP contribution in [0, 0.1) is 0 Å². The molecule has 0 aliphatic carbocycles. The molecule has 0 radical (unpaired) electrons. The largest absolute Gasteiger partial charge is 0.496 e. The summed E-state index contributed by atoms with van der Waals surface area (Å²) in [5.41, 5.74) is 0.427. The minimum atomic E-state index is -0.365. The Labute approximate surface area is 144 Å². The number of halogens is 2. The molecule has 0 bridgehead atoms. The summed E-state index contributed by atoms with van der Waals surface area (Å²) in [5.74, 6) is 1.22. The molecular weight excluding hydrogens is 341 g/mol. The van der Waals surface area contributed by atoms with Crippen LogP contribution in [0.2, 0.25) is 10.0 Å². The van der Waals surface area contributed by atoms with Gasteiger partial charge in [0.15, 0.2) is 6.61 Å². The highest BCUT2D eigenvalue weighted by atomic mass is 35.5. The molecule has 5 nitrogen and oxygen atoms in total. The highest BCUT2D eigenvalue weighted by Crippen LogP contribution is 2.28. The summed E-state index contributed by atoms with van der Waals surface area (Å²) < 4.78 is 15.7. The smallest absolute Gasteiger partial charge is 0.262 e. The molecule has 0 saturated carbocycles. The first-order valence-corrected chi connectivity index (χ1v) is 7.38. The van der Waals surface area contributed by atoms with E-state index in [0.717, 1.165) is 0 Å². The molecule has 0 aliphatic heterocycles. The van der Waals surface area contributed by atoms with Crippen LogP contribution in [-0.2, 0) is 4.79 Å². The van der Waals surface area contributed by atoms with E-state index in [2.05, 4.69) is 5.32 Å². The van der Waals surface area contributed by atoms with Gasteiger partial charge in [-0.2, -0.15) is 0 Å². The van der Waals surface area contributed by atoms with Crippen molar-refractivity contribution in [1.29, 1.82) is 0 Å². The van der Waals surface area contributed by atoms with Crippen molar-refractivity contribution in [2.24, 2.45) is 0 Å². The molecule has 0 aromatic heterocycles. The van der Waals surface area contributed by atoms with E-state index in [4.69, 9.17) is 37.4 Å². The molecule has 0 fully saturated rings. The summed E-state index contributed by atoms with van der Waals surface area (Å²) in [4.78, 5) is 12.0. The molecular formula is C16H15Cl2NO4. The van der Waals surface area contributed by atoms with Crippen LogP contribution in [0.3, 0.4) is 0 Å². The Hall–Kier alpha value is -2.11. The number of anilines is 1. The van der Waals surface area contributed by atoms with Gasteiger partial charge < -0.3 is 19.5 Å². The fraction of sp³-hybridized carbons (Fsp3) is 0.188. The standard InChI is InChI=1S/C16H15Cl2NO4/c1-21-11-6-12(22-2)8-13(7-11)23-9-16(20)19-15-5-10(17)3-4-14(15)18/h3-8H,9H2,1-2H3,(H,19,20). The number of amides is 1. The average Bonchev–Trinajstić information content (AvgIpc) is 2.56. The van der Waals surface area contributed by atoms with Gasteiger partial charge in [-0.3, -0.25) is 4.79 Å². The van der Waals surface area contributed by atoms with E-state index in [1.807, 2.05) is 0 Å². The minimum absolute atomic E-state index is 0.195. The third-order valence-corrected chi connectivity index (χ3v) is 3.46. The predicted octanol–water partition coefficient (Wildman–Crippen LogP) is 4.03. The van der Waals surface area contributed by atoms with Crippen LogP contribution in [0.25, 0.3) is 0 Å². The van der Waals surface area contributed by atoms with Crippen LogP contribution < -0.4 is 19.5 Å². The van der Waals surface area contributed by atoms with Gasteiger partial charge in [0, 0.05) is 23.2 Å². The van der Waals surface area contributed by atoms with Gasteiger partial charge >= 0.3 is 0 Å². The molecule has 0 unspecified atom stereocenters. The first-order valence-electron chi connectivity index (χ1n) is 6.62. The molecule has 0 heterocycles. The van der Waals surface area contributed by atoms with E-state index < -0.39 is 0 Å². The number of carbonyl (C=O) groups is 1. The average molecular weight is 356 g/mol. The molecule has 0 spiro atoms. The maximum atomic E-state index is 12.0. The SMILES string of the molecule is COc1cc(OC)cc(OCC(=O)Nc2cc(Cl)ccc2Cl)c1. The third-order valence-electron chi connectivity index (χ3n) is 2.90. The quantitative estimate of drug-likeness (QED) is 0.849. The maximum Gasteiger partial charge on any atom is 0.262 e. The van der Waals surface area contributed by atoms with Gasteiger partial charge in [0.1, 0.15) is 17.2 Å². The van der Waals surface area contributed by atoms with E-state index in [1.54, 1.807) is 36.4 Å². The van der Waals surface area contributed by atoms with Gasteiger partial charge in [-0.05, 0) is 18.2 Å². The number of hydrogen-bond donors (Lipinski definition) is 1. The Bertz CT molecular complexity index is 684. The lowest BCUT2D eigenvalue weighted by Crippen LogP contribution is -2.20. The van der Waals surface area contributed by atoms with Crippen molar-refractivity contribution >= 4 is 34.8 Å². The lowest BCUT2D eigenvalue weighted by molar-refractivity contribution is -0.118. The van der Waals surface area contributed by atoms with Crippen LogP contribution in [0.1, 0.15) is 0 Å². The van der Waals surface area contributed by atoms with Crippen LogP contribution in [0.15, 0.2) is 36.4 Å². The van der Waals surface area contributed by atoms with Gasteiger partial charge in [-0.15, -0.1) is 0 Å². The molecule has 2 aromatic carbocycles. The summed E-state index contributed by atoms with van der Waals surface area (Å²) in [7, 11) is 3.07. The van der Waals surface area contributed by atoms with Crippen molar-refractivity contribution in [1.82, 2.24) is 0 Å². The summed E-state index contributed by atoms with van der Waals surface area (Å²) in [6.45, 7) is -0.195.